The van der Waals surface area contributed by atoms with E-state index in [0.29, 0.717) is 18.2 Å². The topological polar surface area (TPSA) is 87.3 Å². The molecule has 0 saturated heterocycles. The van der Waals surface area contributed by atoms with Crippen LogP contribution in [0, 0.1) is 23.4 Å². The van der Waals surface area contributed by atoms with E-state index in [1.165, 1.54) is 12.1 Å². The van der Waals surface area contributed by atoms with Gasteiger partial charge >= 0.3 is 6.18 Å². The largest absolute Gasteiger partial charge is 0.419 e. The molecule has 3 amide bonds. The summed E-state index contributed by atoms with van der Waals surface area (Å²) in [5.74, 6) is -11.7. The molecule has 0 aliphatic heterocycles. The molecule has 3 aromatic carbocycles. The highest BCUT2D eigenvalue weighted by Gasteiger charge is 2.67. The van der Waals surface area contributed by atoms with E-state index < -0.39 is 80.3 Å². The zero-order valence-corrected chi connectivity index (χ0v) is 23.3. The average molecular weight is 669 g/mol. The standard InChI is InChI=1S/C27H15Cl3F7N3O3/c1-10(31)23(41)40-22-17(33)6-7-18(21(22)34)39-24(42)13-9-12(3-4-15(13)28)38-25(43)20-19(26(20,29)30)11-2-5-16(32)14(8-11)27(35,36)37/h2-9,19-20H,1H2,(H,38,43)(H,39,42)(H,40,41)/t19-,20?/m0/s1. The van der Waals surface area contributed by atoms with Crippen LogP contribution in [0.25, 0.3) is 0 Å². The van der Waals surface area contributed by atoms with Crippen molar-refractivity contribution in [1.29, 1.82) is 0 Å². The van der Waals surface area contributed by atoms with Gasteiger partial charge in [-0.05, 0) is 48.0 Å². The lowest BCUT2D eigenvalue weighted by Gasteiger charge is -2.13. The third-order valence-corrected chi connectivity index (χ3v) is 7.56. The Morgan fingerprint density at radius 1 is 0.884 bits per heavy atom. The lowest BCUT2D eigenvalue weighted by atomic mass is 10.0. The van der Waals surface area contributed by atoms with Crippen LogP contribution in [0.2, 0.25) is 5.02 Å². The highest BCUT2D eigenvalue weighted by Crippen LogP contribution is 2.65. The van der Waals surface area contributed by atoms with Crippen molar-refractivity contribution < 1.29 is 45.1 Å². The molecule has 6 nitrogen and oxygen atoms in total. The molecule has 0 spiro atoms. The van der Waals surface area contributed by atoms with Gasteiger partial charge in [-0.3, -0.25) is 14.4 Å². The van der Waals surface area contributed by atoms with Gasteiger partial charge in [0.15, 0.2) is 11.6 Å². The van der Waals surface area contributed by atoms with Gasteiger partial charge in [0.2, 0.25) is 5.91 Å². The molecule has 1 aliphatic rings. The number of hydrogen-bond acceptors (Lipinski definition) is 3. The fourth-order valence-electron chi connectivity index (χ4n) is 4.15. The second-order valence-electron chi connectivity index (χ2n) is 9.15. The lowest BCUT2D eigenvalue weighted by Crippen LogP contribution is -2.19. The molecule has 4 rings (SSSR count). The fourth-order valence-corrected chi connectivity index (χ4v) is 5.18. The van der Waals surface area contributed by atoms with Gasteiger partial charge in [0, 0.05) is 11.6 Å². The number of nitrogens with one attached hydrogen (secondary N) is 3. The van der Waals surface area contributed by atoms with E-state index in [1.807, 2.05) is 0 Å². The molecule has 16 heteroatoms. The molecule has 1 fully saturated rings. The number of carbonyl (C=O) groups excluding carboxylic acids is 3. The summed E-state index contributed by atoms with van der Waals surface area (Å²) in [6.45, 7) is 2.71. The van der Waals surface area contributed by atoms with Crippen molar-refractivity contribution in [3.63, 3.8) is 0 Å². The third kappa shape index (κ3) is 6.58. The Morgan fingerprint density at radius 2 is 1.53 bits per heavy atom. The number of benzene rings is 3. The fraction of sp³-hybridized carbons (Fsp3) is 0.148. The van der Waals surface area contributed by atoms with Crippen LogP contribution in [-0.4, -0.2) is 22.1 Å². The van der Waals surface area contributed by atoms with Crippen molar-refractivity contribution in [2.24, 2.45) is 5.92 Å². The SMILES string of the molecule is C=C(F)C(=O)Nc1c(F)ccc(NC(=O)c2cc(NC(=O)C3[C@H](c4ccc(F)c(C(F)(F)F)c4)C3(Cl)Cl)ccc2Cl)c1F. The van der Waals surface area contributed by atoms with Gasteiger partial charge in [-0.1, -0.05) is 24.2 Å². The van der Waals surface area contributed by atoms with E-state index in [0.717, 1.165) is 18.2 Å². The Kier molecular flexibility index (Phi) is 8.74. The van der Waals surface area contributed by atoms with Gasteiger partial charge in [0.1, 0.15) is 21.7 Å². The molecule has 0 bridgehead atoms. The van der Waals surface area contributed by atoms with Crippen molar-refractivity contribution >= 4 is 69.6 Å². The summed E-state index contributed by atoms with van der Waals surface area (Å²) in [6, 6.07) is 7.11. The number of halogens is 10. The van der Waals surface area contributed by atoms with Crippen molar-refractivity contribution in [3.05, 3.63) is 100 Å². The average Bonchev–Trinajstić information content (AvgIpc) is 3.50. The maximum Gasteiger partial charge on any atom is 0.419 e. The Labute approximate surface area is 252 Å². The molecular weight excluding hydrogens is 654 g/mol. The molecular formula is C27H15Cl3F7N3O3. The molecule has 1 unspecified atom stereocenters. The summed E-state index contributed by atoms with van der Waals surface area (Å²) in [5.41, 5.74) is -3.78. The van der Waals surface area contributed by atoms with Gasteiger partial charge in [0.05, 0.1) is 27.8 Å². The molecule has 3 aromatic rings. The highest BCUT2D eigenvalue weighted by atomic mass is 35.5. The van der Waals surface area contributed by atoms with Gasteiger partial charge in [-0.25, -0.2) is 17.6 Å². The Morgan fingerprint density at radius 3 is 2.16 bits per heavy atom. The normalized spacial score (nSPS) is 17.2. The van der Waals surface area contributed by atoms with E-state index in [4.69, 9.17) is 34.8 Å². The zero-order valence-electron chi connectivity index (χ0n) is 21.0. The second kappa shape index (κ2) is 11.7. The summed E-state index contributed by atoms with van der Waals surface area (Å²) in [4.78, 5) is 37.3. The van der Waals surface area contributed by atoms with Gasteiger partial charge < -0.3 is 16.0 Å². The maximum absolute atomic E-state index is 14.8. The zero-order chi connectivity index (χ0) is 32.0. The maximum atomic E-state index is 14.8. The summed E-state index contributed by atoms with van der Waals surface area (Å²) >= 11 is 18.5. The third-order valence-electron chi connectivity index (χ3n) is 6.29. The van der Waals surface area contributed by atoms with Gasteiger partial charge in [-0.2, -0.15) is 13.2 Å². The van der Waals surface area contributed by atoms with Crippen LogP contribution in [0.3, 0.4) is 0 Å². The van der Waals surface area contributed by atoms with Crippen LogP contribution < -0.4 is 16.0 Å². The first-order chi connectivity index (χ1) is 19.9. The monoisotopic (exact) mass is 667 g/mol. The first-order valence-electron chi connectivity index (χ1n) is 11.7. The van der Waals surface area contributed by atoms with Crippen molar-refractivity contribution in [2.45, 2.75) is 16.4 Å². The molecule has 1 aliphatic carbocycles. The summed E-state index contributed by atoms with van der Waals surface area (Å²) < 4.78 is 93.2. The lowest BCUT2D eigenvalue weighted by molar-refractivity contribution is -0.140. The van der Waals surface area contributed by atoms with E-state index in [-0.39, 0.29) is 21.8 Å². The van der Waals surface area contributed by atoms with Crippen LogP contribution in [0.1, 0.15) is 27.4 Å². The Bertz CT molecular complexity index is 1680. The number of rotatable bonds is 7. The molecule has 0 radical (unpaired) electrons. The first-order valence-corrected chi connectivity index (χ1v) is 12.9. The van der Waals surface area contributed by atoms with Crippen molar-refractivity contribution in [1.82, 2.24) is 0 Å². The quantitative estimate of drug-likeness (QED) is 0.136. The Hall–Kier alpha value is -3.81. The van der Waals surface area contributed by atoms with Gasteiger partial charge in [0.25, 0.3) is 11.8 Å². The van der Waals surface area contributed by atoms with E-state index in [2.05, 4.69) is 17.2 Å². The Balaban J connectivity index is 1.53. The molecule has 43 heavy (non-hydrogen) atoms. The van der Waals surface area contributed by atoms with Crippen LogP contribution in [0.5, 0.6) is 0 Å². The van der Waals surface area contributed by atoms with Crippen LogP contribution >= 0.6 is 34.8 Å². The molecule has 1 saturated carbocycles. The molecule has 0 aromatic heterocycles. The second-order valence-corrected chi connectivity index (χ2v) is 11.0. The summed E-state index contributed by atoms with van der Waals surface area (Å²) in [5, 5.41) is 5.97. The number of alkyl halides is 5. The predicted octanol–water partition coefficient (Wildman–Crippen LogP) is 7.98. The highest BCUT2D eigenvalue weighted by molar-refractivity contribution is 6.53. The minimum absolute atomic E-state index is 0.0570. The van der Waals surface area contributed by atoms with E-state index in [1.54, 1.807) is 5.32 Å². The van der Waals surface area contributed by atoms with Crippen molar-refractivity contribution in [2.75, 3.05) is 16.0 Å². The number of hydrogen-bond donors (Lipinski definition) is 3. The van der Waals surface area contributed by atoms with Crippen LogP contribution in [-0.2, 0) is 15.8 Å². The van der Waals surface area contributed by atoms with Crippen molar-refractivity contribution in [3.8, 4) is 0 Å². The predicted molar refractivity (Wildman–Crippen MR) is 145 cm³/mol. The molecule has 2 atom stereocenters. The molecule has 3 N–H and O–H groups in total. The summed E-state index contributed by atoms with van der Waals surface area (Å²) in [6.07, 6.45) is -5.01. The van der Waals surface area contributed by atoms with Crippen LogP contribution in [0.15, 0.2) is 60.9 Å². The minimum atomic E-state index is -5.01. The number of amides is 3. The molecule has 226 valence electrons. The first kappa shape index (κ1) is 32.1. The van der Waals surface area contributed by atoms with Gasteiger partial charge in [-0.15, -0.1) is 23.2 Å². The molecule has 0 heterocycles. The number of anilines is 3. The van der Waals surface area contributed by atoms with E-state index in [9.17, 15) is 45.1 Å². The smallest absolute Gasteiger partial charge is 0.326 e. The minimum Gasteiger partial charge on any atom is -0.326 e. The van der Waals surface area contributed by atoms with E-state index >= 15 is 0 Å². The number of carbonyl (C=O) groups is 3. The van der Waals surface area contributed by atoms with Crippen LogP contribution in [0.4, 0.5) is 47.8 Å². The summed E-state index contributed by atoms with van der Waals surface area (Å²) in [7, 11) is 0.